The number of hydrogen-bond acceptors (Lipinski definition) is 5. The minimum Gasteiger partial charge on any atom is -0.508 e. The lowest BCUT2D eigenvalue weighted by Crippen LogP contribution is -2.43. The molecule has 0 radical (unpaired) electrons. The number of phenolic OH excluding ortho intramolecular Hbond substituents is 1. The number of rotatable bonds is 5. The van der Waals surface area contributed by atoms with Gasteiger partial charge in [0.2, 0.25) is 0 Å². The molecule has 160 valence electrons. The second-order valence-electron chi connectivity index (χ2n) is 7.67. The fraction of sp³-hybridized carbons (Fsp3) is 0.391. The van der Waals surface area contributed by atoms with Gasteiger partial charge in [-0.05, 0) is 61.9 Å². The topological polar surface area (TPSA) is 73.3 Å². The molecule has 0 aliphatic carbocycles. The Kier molecular flexibility index (Phi) is 6.82. The van der Waals surface area contributed by atoms with Crippen LogP contribution in [0.15, 0.2) is 48.5 Å². The summed E-state index contributed by atoms with van der Waals surface area (Å²) in [5.41, 5.74) is 1.70. The summed E-state index contributed by atoms with van der Waals surface area (Å²) in [5, 5.41) is 9.36. The number of phenols is 1. The van der Waals surface area contributed by atoms with Crippen LogP contribution in [0.1, 0.15) is 23.7 Å². The van der Waals surface area contributed by atoms with E-state index in [0.29, 0.717) is 37.5 Å². The molecule has 1 aliphatic rings. The van der Waals surface area contributed by atoms with Crippen LogP contribution in [-0.2, 0) is 4.79 Å². The molecule has 1 saturated heterocycles. The summed E-state index contributed by atoms with van der Waals surface area (Å²) in [6.07, 6.45) is 0.0782. The Hall–Kier alpha value is -3.22. The number of carbonyl (C=O) groups is 2. The first-order chi connectivity index (χ1) is 14.3. The van der Waals surface area contributed by atoms with Crippen molar-refractivity contribution in [2.24, 2.45) is 0 Å². The van der Waals surface area contributed by atoms with Gasteiger partial charge in [-0.1, -0.05) is 0 Å². The van der Waals surface area contributed by atoms with Gasteiger partial charge in [0.1, 0.15) is 11.5 Å². The average Bonchev–Trinajstić information content (AvgIpc) is 3.00. The summed E-state index contributed by atoms with van der Waals surface area (Å²) in [4.78, 5) is 31.2. The molecule has 0 spiro atoms. The number of anilines is 1. The van der Waals surface area contributed by atoms with Crippen molar-refractivity contribution in [3.8, 4) is 11.5 Å². The third-order valence-electron chi connectivity index (χ3n) is 5.22. The molecular formula is C23H29N3O4. The fourth-order valence-electron chi connectivity index (χ4n) is 3.46. The van der Waals surface area contributed by atoms with E-state index in [1.165, 1.54) is 12.1 Å². The molecular weight excluding hydrogens is 382 g/mol. The highest BCUT2D eigenvalue weighted by atomic mass is 16.5. The van der Waals surface area contributed by atoms with E-state index in [4.69, 9.17) is 4.74 Å². The molecule has 3 rings (SSSR count). The van der Waals surface area contributed by atoms with Crippen molar-refractivity contribution in [3.63, 3.8) is 0 Å². The van der Waals surface area contributed by atoms with Gasteiger partial charge in [0, 0.05) is 51.5 Å². The van der Waals surface area contributed by atoms with Gasteiger partial charge in [0.25, 0.3) is 11.8 Å². The van der Waals surface area contributed by atoms with Crippen LogP contribution >= 0.6 is 0 Å². The molecule has 7 nitrogen and oxygen atoms in total. The molecule has 1 atom stereocenters. The predicted octanol–water partition coefficient (Wildman–Crippen LogP) is 2.60. The molecule has 0 saturated carbocycles. The Morgan fingerprint density at radius 2 is 1.53 bits per heavy atom. The zero-order valence-corrected chi connectivity index (χ0v) is 17.7. The van der Waals surface area contributed by atoms with Crippen LogP contribution in [0.2, 0.25) is 0 Å². The van der Waals surface area contributed by atoms with Crippen LogP contribution in [0.3, 0.4) is 0 Å². The van der Waals surface area contributed by atoms with Gasteiger partial charge in [-0.2, -0.15) is 0 Å². The van der Waals surface area contributed by atoms with E-state index in [2.05, 4.69) is 0 Å². The van der Waals surface area contributed by atoms with E-state index >= 15 is 0 Å². The number of carbonyl (C=O) groups excluding carboxylic acids is 2. The summed E-state index contributed by atoms with van der Waals surface area (Å²) in [6, 6.07) is 13.9. The highest BCUT2D eigenvalue weighted by Crippen LogP contribution is 2.19. The summed E-state index contributed by atoms with van der Waals surface area (Å²) in [5.74, 6) is 0.562. The molecule has 1 unspecified atom stereocenters. The molecule has 1 aliphatic heterocycles. The van der Waals surface area contributed by atoms with E-state index in [9.17, 15) is 14.7 Å². The van der Waals surface area contributed by atoms with Crippen LogP contribution in [0.5, 0.6) is 11.5 Å². The van der Waals surface area contributed by atoms with E-state index in [-0.39, 0.29) is 17.6 Å². The van der Waals surface area contributed by atoms with Crippen molar-refractivity contribution in [2.45, 2.75) is 19.4 Å². The largest absolute Gasteiger partial charge is 0.508 e. The number of nitrogens with zero attached hydrogens (tertiary/aromatic N) is 3. The standard InChI is InChI=1S/C23H29N3O4/c1-17(30-21-11-9-20(27)10-12-21)22(28)25-13-4-14-26(16-15-25)23(29)18-5-7-19(8-6-18)24(2)3/h5-12,17,27H,4,13-16H2,1-3H3. The molecule has 0 aromatic heterocycles. The van der Waals surface area contributed by atoms with E-state index in [1.54, 1.807) is 24.0 Å². The first-order valence-electron chi connectivity index (χ1n) is 10.2. The zero-order valence-electron chi connectivity index (χ0n) is 17.7. The average molecular weight is 412 g/mol. The second kappa shape index (κ2) is 9.52. The van der Waals surface area contributed by atoms with Gasteiger partial charge in [-0.15, -0.1) is 0 Å². The van der Waals surface area contributed by atoms with Crippen molar-refractivity contribution in [2.75, 3.05) is 45.2 Å². The molecule has 2 aromatic rings. The smallest absolute Gasteiger partial charge is 0.263 e. The van der Waals surface area contributed by atoms with E-state index in [1.807, 2.05) is 48.2 Å². The van der Waals surface area contributed by atoms with Crippen molar-refractivity contribution in [1.82, 2.24) is 9.80 Å². The number of hydrogen-bond donors (Lipinski definition) is 1. The van der Waals surface area contributed by atoms with E-state index in [0.717, 1.165) is 12.1 Å². The number of amides is 2. The Balaban J connectivity index is 1.57. The van der Waals surface area contributed by atoms with Gasteiger partial charge in [0.15, 0.2) is 6.10 Å². The third kappa shape index (κ3) is 5.23. The Morgan fingerprint density at radius 3 is 2.17 bits per heavy atom. The van der Waals surface area contributed by atoms with Crippen LogP contribution in [0.4, 0.5) is 5.69 Å². The molecule has 2 aromatic carbocycles. The van der Waals surface area contributed by atoms with E-state index < -0.39 is 6.10 Å². The van der Waals surface area contributed by atoms with Gasteiger partial charge >= 0.3 is 0 Å². The molecule has 1 heterocycles. The third-order valence-corrected chi connectivity index (χ3v) is 5.22. The van der Waals surface area contributed by atoms with Crippen LogP contribution in [0, 0.1) is 0 Å². The molecule has 1 fully saturated rings. The van der Waals surface area contributed by atoms with Crippen LogP contribution in [0.25, 0.3) is 0 Å². The van der Waals surface area contributed by atoms with Crippen molar-refractivity contribution in [1.29, 1.82) is 0 Å². The van der Waals surface area contributed by atoms with Crippen LogP contribution in [-0.4, -0.2) is 73.1 Å². The summed E-state index contributed by atoms with van der Waals surface area (Å²) < 4.78 is 5.71. The lowest BCUT2D eigenvalue weighted by Gasteiger charge is -2.25. The van der Waals surface area contributed by atoms with Gasteiger partial charge < -0.3 is 24.5 Å². The van der Waals surface area contributed by atoms with Gasteiger partial charge in [-0.25, -0.2) is 0 Å². The van der Waals surface area contributed by atoms with Gasteiger partial charge in [-0.3, -0.25) is 9.59 Å². The molecule has 0 bridgehead atoms. The summed E-state index contributed by atoms with van der Waals surface area (Å²) >= 11 is 0. The Labute approximate surface area is 177 Å². The fourth-order valence-corrected chi connectivity index (χ4v) is 3.46. The Morgan fingerprint density at radius 1 is 0.933 bits per heavy atom. The van der Waals surface area contributed by atoms with Crippen molar-refractivity contribution in [3.05, 3.63) is 54.1 Å². The monoisotopic (exact) mass is 411 g/mol. The quantitative estimate of drug-likeness (QED) is 0.819. The minimum atomic E-state index is -0.643. The number of aromatic hydroxyl groups is 1. The maximum Gasteiger partial charge on any atom is 0.263 e. The second-order valence-corrected chi connectivity index (χ2v) is 7.67. The maximum atomic E-state index is 12.9. The predicted molar refractivity (Wildman–Crippen MR) is 116 cm³/mol. The van der Waals surface area contributed by atoms with Crippen molar-refractivity contribution >= 4 is 17.5 Å². The van der Waals surface area contributed by atoms with Gasteiger partial charge in [0.05, 0.1) is 0 Å². The number of ether oxygens (including phenoxy) is 1. The highest BCUT2D eigenvalue weighted by molar-refractivity contribution is 5.94. The lowest BCUT2D eigenvalue weighted by molar-refractivity contribution is -0.137. The Bertz CT molecular complexity index is 865. The molecule has 30 heavy (non-hydrogen) atoms. The summed E-state index contributed by atoms with van der Waals surface area (Å²) in [7, 11) is 3.92. The highest BCUT2D eigenvalue weighted by Gasteiger charge is 2.26. The molecule has 2 amide bonds. The maximum absolute atomic E-state index is 12.9. The SMILES string of the molecule is CC(Oc1ccc(O)cc1)C(=O)N1CCCN(C(=O)c2ccc(N(C)C)cc2)CC1. The molecule has 7 heteroatoms. The summed E-state index contributed by atoms with van der Waals surface area (Å²) in [6.45, 7) is 3.89. The van der Waals surface area contributed by atoms with Crippen molar-refractivity contribution < 1.29 is 19.4 Å². The minimum absolute atomic E-state index is 0.0111. The normalized spacial score (nSPS) is 15.3. The van der Waals surface area contributed by atoms with Crippen LogP contribution < -0.4 is 9.64 Å². The first kappa shape index (κ1) is 21.5. The number of benzene rings is 2. The molecule has 1 N–H and O–H groups in total. The lowest BCUT2D eigenvalue weighted by atomic mass is 10.1. The zero-order chi connectivity index (χ0) is 21.7. The first-order valence-corrected chi connectivity index (χ1v) is 10.2.